The molecule has 134 valence electrons. The highest BCUT2D eigenvalue weighted by molar-refractivity contribution is 7.40. The molecule has 0 saturated heterocycles. The van der Waals surface area contributed by atoms with Gasteiger partial charge in [0.1, 0.15) is 0 Å². The predicted molar refractivity (Wildman–Crippen MR) is 97.0 cm³/mol. The van der Waals surface area contributed by atoms with E-state index in [-0.39, 0.29) is 0 Å². The van der Waals surface area contributed by atoms with Crippen LogP contribution in [0.2, 0.25) is 0 Å². The molecule has 0 aromatic carbocycles. The summed E-state index contributed by atoms with van der Waals surface area (Å²) in [6.45, 7) is 5.71. The molecule has 0 amide bonds. The summed E-state index contributed by atoms with van der Waals surface area (Å²) >= 11 is 0. The average Bonchev–Trinajstić information content (AvgIpc) is 2.52. The summed E-state index contributed by atoms with van der Waals surface area (Å²) in [7, 11) is -1.64. The highest BCUT2D eigenvalue weighted by atomic mass is 31.2. The minimum absolute atomic E-state index is 0.625. The van der Waals surface area contributed by atoms with Crippen molar-refractivity contribution in [2.45, 2.75) is 104 Å². The molecule has 0 fully saturated rings. The van der Waals surface area contributed by atoms with Crippen LogP contribution in [-0.2, 0) is 9.05 Å². The first-order valence-corrected chi connectivity index (χ1v) is 10.7. The van der Waals surface area contributed by atoms with Gasteiger partial charge in [0.2, 0.25) is 0 Å². The monoisotopic (exact) mass is 334 g/mol. The van der Waals surface area contributed by atoms with Crippen LogP contribution in [0, 0.1) is 0 Å². The lowest BCUT2D eigenvalue weighted by Crippen LogP contribution is -1.95. The van der Waals surface area contributed by atoms with Crippen LogP contribution in [0.25, 0.3) is 0 Å². The van der Waals surface area contributed by atoms with E-state index >= 15 is 0 Å². The van der Waals surface area contributed by atoms with Gasteiger partial charge in [0, 0.05) is 0 Å². The van der Waals surface area contributed by atoms with E-state index in [4.69, 9.17) is 9.05 Å². The van der Waals surface area contributed by atoms with Crippen molar-refractivity contribution in [3.8, 4) is 0 Å². The fraction of sp³-hybridized carbons (Fsp3) is 1.00. The third kappa shape index (κ3) is 18.4. The summed E-state index contributed by atoms with van der Waals surface area (Å²) in [6.07, 6.45) is 17.8. The fourth-order valence-electron chi connectivity index (χ4n) is 2.44. The van der Waals surface area contributed by atoms with Crippen molar-refractivity contribution in [2.75, 3.05) is 13.2 Å². The zero-order chi connectivity index (χ0) is 16.3. The maximum Gasteiger partial charge on any atom is 0.329 e. The maximum atomic E-state index is 9.57. The third-order valence-corrected chi connectivity index (χ3v) is 4.71. The Morgan fingerprint density at radius 2 is 0.864 bits per heavy atom. The Morgan fingerprint density at radius 3 is 1.27 bits per heavy atom. The zero-order valence-corrected chi connectivity index (χ0v) is 15.9. The molecule has 0 aliphatic carbocycles. The number of unbranched alkanes of at least 4 members (excludes halogenated alkanes) is 12. The molecule has 0 saturated carbocycles. The first-order valence-electron chi connectivity index (χ1n) is 9.56. The minimum atomic E-state index is -1.64. The molecule has 0 spiro atoms. The van der Waals surface area contributed by atoms with Crippen molar-refractivity contribution in [3.05, 3.63) is 0 Å². The van der Waals surface area contributed by atoms with Gasteiger partial charge in [-0.05, 0) is 12.8 Å². The minimum Gasteiger partial charge on any atom is -0.328 e. The van der Waals surface area contributed by atoms with Crippen LogP contribution < -0.4 is 0 Å². The van der Waals surface area contributed by atoms with Crippen LogP contribution in [0.5, 0.6) is 0 Å². The van der Waals surface area contributed by atoms with Crippen LogP contribution in [0.3, 0.4) is 0 Å². The number of hydrogen-bond donors (Lipinski definition) is 1. The van der Waals surface area contributed by atoms with Crippen molar-refractivity contribution < 1.29 is 13.9 Å². The fourth-order valence-corrected chi connectivity index (χ4v) is 3.09. The van der Waals surface area contributed by atoms with E-state index in [0.29, 0.717) is 13.2 Å². The lowest BCUT2D eigenvalue weighted by molar-refractivity contribution is 0.194. The summed E-state index contributed by atoms with van der Waals surface area (Å²) in [6, 6.07) is 0. The molecule has 0 aromatic rings. The molecule has 0 aromatic heterocycles. The molecular formula is C18H39O3P. The van der Waals surface area contributed by atoms with Crippen molar-refractivity contribution >= 4 is 8.60 Å². The van der Waals surface area contributed by atoms with Gasteiger partial charge in [-0.15, -0.1) is 0 Å². The smallest absolute Gasteiger partial charge is 0.328 e. The topological polar surface area (TPSA) is 38.7 Å². The predicted octanol–water partition coefficient (Wildman–Crippen LogP) is 6.74. The van der Waals surface area contributed by atoms with Crippen LogP contribution in [0.4, 0.5) is 0 Å². The van der Waals surface area contributed by atoms with Crippen molar-refractivity contribution in [1.82, 2.24) is 0 Å². The Balaban J connectivity index is 3.09. The Morgan fingerprint density at radius 1 is 0.545 bits per heavy atom. The molecule has 4 heteroatoms. The normalized spacial score (nSPS) is 12.7. The van der Waals surface area contributed by atoms with Gasteiger partial charge in [0.05, 0.1) is 13.2 Å². The largest absolute Gasteiger partial charge is 0.329 e. The van der Waals surface area contributed by atoms with Gasteiger partial charge in [0.15, 0.2) is 0 Å². The second kappa shape index (κ2) is 19.4. The molecule has 22 heavy (non-hydrogen) atoms. The maximum absolute atomic E-state index is 9.57. The van der Waals surface area contributed by atoms with Gasteiger partial charge in [0.25, 0.3) is 0 Å². The van der Waals surface area contributed by atoms with Gasteiger partial charge >= 0.3 is 8.60 Å². The zero-order valence-electron chi connectivity index (χ0n) is 15.0. The molecule has 0 rings (SSSR count). The lowest BCUT2D eigenvalue weighted by Gasteiger charge is -2.10. The Bertz CT molecular complexity index is 203. The standard InChI is InChI=1S/C18H39O3P/c1-3-5-7-9-10-11-12-13-14-16-18-21-22(19)20-17-15-8-6-4-2/h19H,3-18H2,1-2H3. The number of rotatable bonds is 18. The van der Waals surface area contributed by atoms with Gasteiger partial charge in [-0.2, -0.15) is 0 Å². The molecule has 1 N–H and O–H groups in total. The molecule has 1 unspecified atom stereocenters. The average molecular weight is 334 g/mol. The summed E-state index contributed by atoms with van der Waals surface area (Å²) in [4.78, 5) is 9.57. The summed E-state index contributed by atoms with van der Waals surface area (Å²) in [5.74, 6) is 0. The molecular weight excluding hydrogens is 295 g/mol. The molecule has 0 aliphatic heterocycles. The molecule has 0 heterocycles. The van der Waals surface area contributed by atoms with E-state index in [1.807, 2.05) is 0 Å². The van der Waals surface area contributed by atoms with Crippen LogP contribution >= 0.6 is 8.60 Å². The van der Waals surface area contributed by atoms with Crippen molar-refractivity contribution in [2.24, 2.45) is 0 Å². The molecule has 3 nitrogen and oxygen atoms in total. The Labute approximate surface area is 140 Å². The van der Waals surface area contributed by atoms with Gasteiger partial charge in [-0.3, -0.25) is 0 Å². The first kappa shape index (κ1) is 22.3. The molecule has 0 aliphatic rings. The molecule has 0 radical (unpaired) electrons. The van der Waals surface area contributed by atoms with Crippen LogP contribution in [0.1, 0.15) is 104 Å². The van der Waals surface area contributed by atoms with Gasteiger partial charge < -0.3 is 13.9 Å². The number of hydrogen-bond acceptors (Lipinski definition) is 3. The second-order valence-electron chi connectivity index (χ2n) is 6.15. The van der Waals surface area contributed by atoms with E-state index < -0.39 is 8.60 Å². The van der Waals surface area contributed by atoms with Crippen LogP contribution in [0.15, 0.2) is 0 Å². The quantitative estimate of drug-likeness (QED) is 0.223. The van der Waals surface area contributed by atoms with Crippen molar-refractivity contribution in [1.29, 1.82) is 0 Å². The van der Waals surface area contributed by atoms with Gasteiger partial charge in [-0.1, -0.05) is 90.9 Å². The summed E-state index contributed by atoms with van der Waals surface area (Å²) in [5.41, 5.74) is 0. The highest BCUT2D eigenvalue weighted by Crippen LogP contribution is 2.33. The van der Waals surface area contributed by atoms with Crippen LogP contribution in [-0.4, -0.2) is 18.1 Å². The first-order chi connectivity index (χ1) is 10.8. The Kier molecular flexibility index (Phi) is 19.6. The third-order valence-electron chi connectivity index (χ3n) is 3.90. The summed E-state index contributed by atoms with van der Waals surface area (Å²) < 4.78 is 10.6. The molecule has 1 atom stereocenters. The van der Waals surface area contributed by atoms with E-state index in [9.17, 15) is 4.89 Å². The molecule has 0 bridgehead atoms. The highest BCUT2D eigenvalue weighted by Gasteiger charge is 2.05. The van der Waals surface area contributed by atoms with E-state index in [1.165, 1.54) is 77.0 Å². The van der Waals surface area contributed by atoms with Crippen molar-refractivity contribution in [3.63, 3.8) is 0 Å². The SMILES string of the molecule is CCCCCCCCCCCCOP(O)OCCCCCC. The van der Waals surface area contributed by atoms with Gasteiger partial charge in [-0.25, -0.2) is 0 Å². The van der Waals surface area contributed by atoms with E-state index in [2.05, 4.69) is 13.8 Å². The van der Waals surface area contributed by atoms with E-state index in [1.54, 1.807) is 0 Å². The van der Waals surface area contributed by atoms with E-state index in [0.717, 1.165) is 12.8 Å². The Hall–Kier alpha value is 0.310. The lowest BCUT2D eigenvalue weighted by atomic mass is 10.1. The second-order valence-corrected chi connectivity index (χ2v) is 7.14. The summed E-state index contributed by atoms with van der Waals surface area (Å²) in [5, 5.41) is 0.